The largest absolute Gasteiger partial charge is 0.396 e. The van der Waals surface area contributed by atoms with Gasteiger partial charge in [0.2, 0.25) is 0 Å². The van der Waals surface area contributed by atoms with E-state index in [2.05, 4.69) is 0 Å². The van der Waals surface area contributed by atoms with Crippen LogP contribution in [-0.2, 0) is 23.7 Å². The normalized spacial score (nSPS) is 11.4. The molecule has 0 fully saturated rings. The van der Waals surface area contributed by atoms with Crippen molar-refractivity contribution in [3.8, 4) is 0 Å². The van der Waals surface area contributed by atoms with E-state index in [1.165, 1.54) is 0 Å². The Labute approximate surface area is 120 Å². The van der Waals surface area contributed by atoms with Gasteiger partial charge >= 0.3 is 0 Å². The first-order valence-corrected chi connectivity index (χ1v) is 6.86. The minimum Gasteiger partial charge on any atom is -0.396 e. The molecule has 0 spiro atoms. The Hall–Kier alpha value is -0.280. The van der Waals surface area contributed by atoms with Gasteiger partial charge in [-0.15, -0.1) is 0 Å². The van der Waals surface area contributed by atoms with Crippen molar-refractivity contribution in [3.05, 3.63) is 0 Å². The molecule has 0 aromatic carbocycles. The second kappa shape index (κ2) is 16.8. The Bertz CT molecular complexity index is 176. The van der Waals surface area contributed by atoms with Crippen molar-refractivity contribution in [1.29, 1.82) is 0 Å². The molecule has 0 amide bonds. The molecule has 0 bridgehead atoms. The third-order valence-corrected chi connectivity index (χ3v) is 2.42. The van der Waals surface area contributed by atoms with E-state index in [4.69, 9.17) is 33.9 Å². The number of methoxy groups -OCH3 is 1. The fraction of sp³-hybridized carbons (Fsp3) is 1.00. The summed E-state index contributed by atoms with van der Waals surface area (Å²) in [7, 11) is 1.63. The van der Waals surface area contributed by atoms with Crippen LogP contribution in [-0.4, -0.2) is 90.0 Å². The fourth-order valence-corrected chi connectivity index (χ4v) is 1.22. The van der Waals surface area contributed by atoms with Gasteiger partial charge in [-0.05, 0) is 0 Å². The van der Waals surface area contributed by atoms with Gasteiger partial charge in [-0.1, -0.05) is 0 Å². The molecule has 0 rings (SSSR count). The van der Waals surface area contributed by atoms with Crippen LogP contribution in [0, 0.1) is 5.92 Å². The first-order chi connectivity index (χ1) is 9.85. The predicted octanol–water partition coefficient (Wildman–Crippen LogP) is -0.700. The van der Waals surface area contributed by atoms with Crippen molar-refractivity contribution in [2.24, 2.45) is 5.92 Å². The van der Waals surface area contributed by atoms with Crippen LogP contribution in [0.1, 0.15) is 0 Å². The van der Waals surface area contributed by atoms with Gasteiger partial charge in [-0.3, -0.25) is 0 Å². The second-order valence-electron chi connectivity index (χ2n) is 4.14. The minimum absolute atomic E-state index is 0.0718. The maximum atomic E-state index is 8.81. The van der Waals surface area contributed by atoms with E-state index in [-0.39, 0.29) is 19.1 Å². The first-order valence-electron chi connectivity index (χ1n) is 6.86. The molecule has 20 heavy (non-hydrogen) atoms. The lowest BCUT2D eigenvalue weighted by Crippen LogP contribution is -2.19. The third kappa shape index (κ3) is 14.1. The van der Waals surface area contributed by atoms with Crippen LogP contribution in [0.15, 0.2) is 0 Å². The molecule has 122 valence electrons. The highest BCUT2D eigenvalue weighted by molar-refractivity contribution is 4.52. The van der Waals surface area contributed by atoms with E-state index in [1.807, 2.05) is 0 Å². The second-order valence-corrected chi connectivity index (χ2v) is 4.14. The van der Waals surface area contributed by atoms with Crippen LogP contribution in [0.4, 0.5) is 0 Å². The summed E-state index contributed by atoms with van der Waals surface area (Å²) in [4.78, 5) is 0. The Morgan fingerprint density at radius 1 is 0.650 bits per heavy atom. The molecule has 0 aromatic heterocycles. The van der Waals surface area contributed by atoms with E-state index < -0.39 is 0 Å². The van der Waals surface area contributed by atoms with Gasteiger partial charge in [-0.25, -0.2) is 0 Å². The number of aliphatic hydroxyl groups is 2. The van der Waals surface area contributed by atoms with Crippen LogP contribution < -0.4 is 0 Å². The lowest BCUT2D eigenvalue weighted by Gasteiger charge is -2.11. The van der Waals surface area contributed by atoms with Crippen LogP contribution in [0.2, 0.25) is 0 Å². The van der Waals surface area contributed by atoms with Crippen LogP contribution in [0.5, 0.6) is 0 Å². The lowest BCUT2D eigenvalue weighted by molar-refractivity contribution is -0.0165. The number of ether oxygens (including phenoxy) is 5. The van der Waals surface area contributed by atoms with Crippen LogP contribution in [0.25, 0.3) is 0 Å². The lowest BCUT2D eigenvalue weighted by atomic mass is 10.2. The number of hydrogen-bond donors (Lipinski definition) is 2. The maximum Gasteiger partial charge on any atom is 0.0701 e. The summed E-state index contributed by atoms with van der Waals surface area (Å²) in [6.45, 7) is 4.39. The summed E-state index contributed by atoms with van der Waals surface area (Å²) in [6.07, 6.45) is 0. The predicted molar refractivity (Wildman–Crippen MR) is 72.8 cm³/mol. The Morgan fingerprint density at radius 3 is 1.45 bits per heavy atom. The Balaban J connectivity index is 3.02. The van der Waals surface area contributed by atoms with E-state index in [0.29, 0.717) is 59.5 Å². The number of rotatable bonds is 16. The van der Waals surface area contributed by atoms with E-state index in [1.54, 1.807) is 7.11 Å². The molecule has 7 heteroatoms. The van der Waals surface area contributed by atoms with Gasteiger partial charge in [-0.2, -0.15) is 0 Å². The van der Waals surface area contributed by atoms with Crippen molar-refractivity contribution in [2.45, 2.75) is 0 Å². The van der Waals surface area contributed by atoms with Gasteiger partial charge in [0.05, 0.1) is 72.7 Å². The highest BCUT2D eigenvalue weighted by Gasteiger charge is 2.04. The minimum atomic E-state index is -0.212. The van der Waals surface area contributed by atoms with Crippen molar-refractivity contribution < 1.29 is 33.9 Å². The maximum absolute atomic E-state index is 8.81. The Kier molecular flexibility index (Phi) is 16.5. The summed E-state index contributed by atoms with van der Waals surface area (Å²) in [5.74, 6) is -0.212. The van der Waals surface area contributed by atoms with Gasteiger partial charge < -0.3 is 33.9 Å². The topological polar surface area (TPSA) is 86.6 Å². The molecular weight excluding hydrogens is 268 g/mol. The average molecular weight is 296 g/mol. The standard InChI is InChI=1S/C13H28O7/c1-16-2-3-17-4-5-18-6-7-19-8-9-20-12-13(10-14)11-15/h13-15H,2-12H2,1H3. The van der Waals surface area contributed by atoms with Crippen LogP contribution in [0.3, 0.4) is 0 Å². The van der Waals surface area contributed by atoms with Gasteiger partial charge in [0.15, 0.2) is 0 Å². The summed E-state index contributed by atoms with van der Waals surface area (Å²) in [5, 5.41) is 17.6. The zero-order chi connectivity index (χ0) is 14.9. The average Bonchev–Trinajstić information content (AvgIpc) is 2.48. The smallest absolute Gasteiger partial charge is 0.0701 e. The third-order valence-electron chi connectivity index (χ3n) is 2.42. The molecule has 0 aliphatic carbocycles. The number of aliphatic hydroxyl groups excluding tert-OH is 2. The SMILES string of the molecule is COCCOCCOCCOCCOCC(CO)CO. The Morgan fingerprint density at radius 2 is 1.05 bits per heavy atom. The molecule has 0 saturated heterocycles. The monoisotopic (exact) mass is 296 g/mol. The molecular formula is C13H28O7. The summed E-state index contributed by atoms with van der Waals surface area (Å²) in [5.41, 5.74) is 0. The highest BCUT2D eigenvalue weighted by Crippen LogP contribution is 1.94. The molecule has 7 nitrogen and oxygen atoms in total. The van der Waals surface area contributed by atoms with Crippen LogP contribution >= 0.6 is 0 Å². The molecule has 0 aromatic rings. The zero-order valence-electron chi connectivity index (χ0n) is 12.3. The van der Waals surface area contributed by atoms with Crippen molar-refractivity contribution in [1.82, 2.24) is 0 Å². The zero-order valence-corrected chi connectivity index (χ0v) is 12.3. The van der Waals surface area contributed by atoms with E-state index in [9.17, 15) is 0 Å². The molecule has 0 heterocycles. The molecule has 0 radical (unpaired) electrons. The fourth-order valence-electron chi connectivity index (χ4n) is 1.22. The number of hydrogen-bond acceptors (Lipinski definition) is 7. The van der Waals surface area contributed by atoms with E-state index >= 15 is 0 Å². The molecule has 0 saturated carbocycles. The quantitative estimate of drug-likeness (QED) is 0.364. The van der Waals surface area contributed by atoms with Crippen molar-refractivity contribution in [3.63, 3.8) is 0 Å². The summed E-state index contributed by atoms with van der Waals surface area (Å²) < 4.78 is 25.9. The van der Waals surface area contributed by atoms with E-state index in [0.717, 1.165) is 0 Å². The van der Waals surface area contributed by atoms with Crippen molar-refractivity contribution >= 4 is 0 Å². The van der Waals surface area contributed by atoms with Gasteiger partial charge in [0.25, 0.3) is 0 Å². The summed E-state index contributed by atoms with van der Waals surface area (Å²) in [6, 6.07) is 0. The molecule has 0 unspecified atom stereocenters. The van der Waals surface area contributed by atoms with Gasteiger partial charge in [0, 0.05) is 13.0 Å². The molecule has 0 atom stereocenters. The molecule has 2 N–H and O–H groups in total. The van der Waals surface area contributed by atoms with Gasteiger partial charge in [0.1, 0.15) is 0 Å². The molecule has 0 aliphatic heterocycles. The van der Waals surface area contributed by atoms with Crippen molar-refractivity contribution in [2.75, 3.05) is 79.8 Å². The highest BCUT2D eigenvalue weighted by atomic mass is 16.6. The molecule has 0 aliphatic rings. The summed E-state index contributed by atoms with van der Waals surface area (Å²) >= 11 is 0. The first kappa shape index (κ1) is 19.7.